The van der Waals surface area contributed by atoms with Gasteiger partial charge in [0.25, 0.3) is 0 Å². The topological polar surface area (TPSA) is 70.6 Å². The predicted octanol–water partition coefficient (Wildman–Crippen LogP) is 10.7. The third-order valence-electron chi connectivity index (χ3n) is 10.1. The number of nitrogens with zero attached hydrogens (tertiary/aromatic N) is 4. The summed E-state index contributed by atoms with van der Waals surface area (Å²) in [6.45, 7) is 0. The van der Waals surface area contributed by atoms with E-state index in [9.17, 15) is 10.5 Å². The van der Waals surface area contributed by atoms with Crippen LogP contribution in [0.2, 0.25) is 0 Å². The average Bonchev–Trinajstić information content (AvgIpc) is 3.82. The number of hydrogen-bond acceptors (Lipinski definition) is 3. The number of para-hydroxylation sites is 3. The second-order valence-corrected chi connectivity index (χ2v) is 12.7. The summed E-state index contributed by atoms with van der Waals surface area (Å²) in [4.78, 5) is 0. The number of fused-ring (bicyclic) bond motifs is 10. The summed E-state index contributed by atoms with van der Waals surface area (Å²) in [5.41, 5.74) is 11.9. The zero-order valence-electron chi connectivity index (χ0n) is 26.3. The number of hydrogen-bond donors (Lipinski definition) is 0. The zero-order valence-corrected chi connectivity index (χ0v) is 26.3. The molecule has 0 N–H and O–H groups in total. The van der Waals surface area contributed by atoms with E-state index in [-0.39, 0.29) is 5.92 Å². The lowest BCUT2D eigenvalue weighted by atomic mass is 9.85. The molecule has 0 aliphatic heterocycles. The van der Waals surface area contributed by atoms with Gasteiger partial charge in [-0.05, 0) is 90.4 Å². The van der Waals surface area contributed by atoms with Crippen LogP contribution >= 0.6 is 0 Å². The van der Waals surface area contributed by atoms with Crippen LogP contribution in [0.15, 0.2) is 138 Å². The van der Waals surface area contributed by atoms with Crippen molar-refractivity contribution in [3.05, 3.63) is 161 Å². The zero-order chi connectivity index (χ0) is 32.6. The van der Waals surface area contributed by atoms with Crippen LogP contribution in [-0.4, -0.2) is 9.13 Å². The maximum Gasteiger partial charge on any atom is 0.137 e. The number of furan rings is 1. The number of allylic oxidation sites excluding steroid dienone is 1. The Morgan fingerprint density at radius 3 is 2.20 bits per heavy atom. The van der Waals surface area contributed by atoms with Gasteiger partial charge in [-0.3, -0.25) is 0 Å². The molecule has 0 spiro atoms. The van der Waals surface area contributed by atoms with Crippen LogP contribution in [0.5, 0.6) is 0 Å². The Hall–Kier alpha value is -6.82. The standard InChI is InChI=1S/C44H26N4O/c45-25-27-15-19-39-35(22-27)32-10-4-6-12-37(32)48(39)40-23-28(26-46)14-17-31(40)29-16-20-38-36(24-29)33-18-21-42-43(34-11-5-7-13-41(34)49-42)44(33)47(38)30-8-2-1-3-9-30/h1-23,29H,24H2. The first kappa shape index (κ1) is 27.3. The second kappa shape index (κ2) is 10.3. The molecule has 1 aliphatic rings. The van der Waals surface area contributed by atoms with Gasteiger partial charge in [0.15, 0.2) is 0 Å². The van der Waals surface area contributed by atoms with Gasteiger partial charge in [0, 0.05) is 38.8 Å². The lowest BCUT2D eigenvalue weighted by molar-refractivity contribution is 0.669. The molecule has 0 radical (unpaired) electrons. The summed E-state index contributed by atoms with van der Waals surface area (Å²) in [7, 11) is 0. The maximum absolute atomic E-state index is 10.0. The van der Waals surface area contributed by atoms with Crippen molar-refractivity contribution in [2.45, 2.75) is 12.3 Å². The quantitative estimate of drug-likeness (QED) is 0.196. The SMILES string of the molecule is N#Cc1ccc(C2C=Cc3c(c4ccc5oc6ccccc6c5c4n3-c3ccccc3)C2)c(-n2c3ccccc3c3cc(C#N)ccc32)c1. The molecule has 0 fully saturated rings. The molecule has 49 heavy (non-hydrogen) atoms. The first-order chi connectivity index (χ1) is 24.2. The van der Waals surface area contributed by atoms with Crippen molar-refractivity contribution in [3.63, 3.8) is 0 Å². The molecule has 1 unspecified atom stereocenters. The molecular formula is C44H26N4O. The molecule has 5 nitrogen and oxygen atoms in total. The van der Waals surface area contributed by atoms with Gasteiger partial charge in [0.05, 0.1) is 50.9 Å². The van der Waals surface area contributed by atoms with E-state index in [1.807, 2.05) is 54.6 Å². The van der Waals surface area contributed by atoms with Gasteiger partial charge < -0.3 is 13.6 Å². The first-order valence-corrected chi connectivity index (χ1v) is 16.4. The summed E-state index contributed by atoms with van der Waals surface area (Å²) >= 11 is 0. The summed E-state index contributed by atoms with van der Waals surface area (Å²) in [6.07, 6.45) is 5.38. The smallest absolute Gasteiger partial charge is 0.137 e. The number of benzene rings is 6. The van der Waals surface area contributed by atoms with Gasteiger partial charge in [-0.15, -0.1) is 0 Å². The van der Waals surface area contributed by atoms with Gasteiger partial charge >= 0.3 is 0 Å². The number of rotatable bonds is 3. The Labute approximate surface area is 281 Å². The minimum absolute atomic E-state index is 0.0523. The minimum atomic E-state index is 0.0523. The highest BCUT2D eigenvalue weighted by atomic mass is 16.3. The third kappa shape index (κ3) is 3.91. The molecular weight excluding hydrogens is 601 g/mol. The Bertz CT molecular complexity index is 2940. The Morgan fingerprint density at radius 2 is 1.35 bits per heavy atom. The lowest BCUT2D eigenvalue weighted by Gasteiger charge is -2.23. The van der Waals surface area contributed by atoms with Gasteiger partial charge in [0.1, 0.15) is 11.2 Å². The highest BCUT2D eigenvalue weighted by Gasteiger charge is 2.28. The molecule has 1 atom stereocenters. The van der Waals surface area contributed by atoms with Crippen molar-refractivity contribution in [1.29, 1.82) is 10.5 Å². The second-order valence-electron chi connectivity index (χ2n) is 12.7. The van der Waals surface area contributed by atoms with Gasteiger partial charge in [0.2, 0.25) is 0 Å². The molecule has 10 rings (SSSR count). The van der Waals surface area contributed by atoms with Crippen LogP contribution in [0.25, 0.3) is 72.1 Å². The van der Waals surface area contributed by atoms with Crippen molar-refractivity contribution in [3.8, 4) is 23.5 Å². The van der Waals surface area contributed by atoms with E-state index in [2.05, 4.69) is 106 Å². The van der Waals surface area contributed by atoms with Crippen molar-refractivity contribution < 1.29 is 4.42 Å². The van der Waals surface area contributed by atoms with Crippen LogP contribution in [0.3, 0.4) is 0 Å². The van der Waals surface area contributed by atoms with Crippen LogP contribution < -0.4 is 0 Å². The van der Waals surface area contributed by atoms with Gasteiger partial charge in [-0.1, -0.05) is 66.7 Å². The Morgan fingerprint density at radius 1 is 0.612 bits per heavy atom. The molecule has 0 saturated carbocycles. The predicted molar refractivity (Wildman–Crippen MR) is 196 cm³/mol. The van der Waals surface area contributed by atoms with Gasteiger partial charge in [-0.25, -0.2) is 0 Å². The molecule has 0 bridgehead atoms. The first-order valence-electron chi connectivity index (χ1n) is 16.4. The minimum Gasteiger partial charge on any atom is -0.456 e. The van der Waals surface area contributed by atoms with E-state index < -0.39 is 0 Å². The van der Waals surface area contributed by atoms with Crippen molar-refractivity contribution in [2.75, 3.05) is 0 Å². The van der Waals surface area contributed by atoms with Gasteiger partial charge in [-0.2, -0.15) is 10.5 Å². The largest absolute Gasteiger partial charge is 0.456 e. The fourth-order valence-electron chi connectivity index (χ4n) is 8.03. The normalized spacial score (nSPS) is 14.1. The summed E-state index contributed by atoms with van der Waals surface area (Å²) < 4.78 is 11.0. The molecule has 6 aromatic carbocycles. The van der Waals surface area contributed by atoms with E-state index in [1.165, 1.54) is 16.6 Å². The third-order valence-corrected chi connectivity index (χ3v) is 10.1. The lowest BCUT2D eigenvalue weighted by Crippen LogP contribution is -2.10. The van der Waals surface area contributed by atoms with E-state index in [0.717, 1.165) is 72.6 Å². The van der Waals surface area contributed by atoms with Crippen LogP contribution in [-0.2, 0) is 6.42 Å². The highest BCUT2D eigenvalue weighted by Crippen LogP contribution is 2.45. The number of aromatic nitrogens is 2. The van der Waals surface area contributed by atoms with Crippen molar-refractivity contribution >= 4 is 60.7 Å². The summed E-state index contributed by atoms with van der Waals surface area (Å²) in [5.74, 6) is 0.0523. The molecule has 0 saturated heterocycles. The van der Waals surface area contributed by atoms with Crippen LogP contribution in [0.4, 0.5) is 0 Å². The summed E-state index contributed by atoms with van der Waals surface area (Å²) in [5, 5.41) is 25.3. The molecule has 1 aliphatic carbocycles. The van der Waals surface area contributed by atoms with Crippen molar-refractivity contribution in [1.82, 2.24) is 9.13 Å². The molecule has 5 heteroatoms. The average molecular weight is 627 g/mol. The fraction of sp³-hybridized carbons (Fsp3) is 0.0455. The molecule has 3 heterocycles. The monoisotopic (exact) mass is 626 g/mol. The fourth-order valence-corrected chi connectivity index (χ4v) is 8.03. The van der Waals surface area contributed by atoms with Crippen LogP contribution in [0.1, 0.15) is 33.9 Å². The summed E-state index contributed by atoms with van der Waals surface area (Å²) in [6, 6.07) is 48.1. The van der Waals surface area contributed by atoms with E-state index in [1.54, 1.807) is 0 Å². The Balaban J connectivity index is 1.22. The van der Waals surface area contributed by atoms with Crippen molar-refractivity contribution in [2.24, 2.45) is 0 Å². The molecule has 228 valence electrons. The molecule has 0 amide bonds. The maximum atomic E-state index is 10.0. The Kier molecular flexibility index (Phi) is 5.76. The molecule has 3 aromatic heterocycles. The van der Waals surface area contributed by atoms with E-state index in [4.69, 9.17) is 4.42 Å². The number of nitriles is 2. The van der Waals surface area contributed by atoms with Crippen LogP contribution in [0, 0.1) is 22.7 Å². The highest BCUT2D eigenvalue weighted by molar-refractivity contribution is 6.19. The van der Waals surface area contributed by atoms with E-state index in [0.29, 0.717) is 11.1 Å². The van der Waals surface area contributed by atoms with E-state index >= 15 is 0 Å². The molecule has 9 aromatic rings.